The van der Waals surface area contributed by atoms with Crippen LogP contribution in [-0.4, -0.2) is 9.55 Å². The molecule has 19 heavy (non-hydrogen) atoms. The maximum Gasteiger partial charge on any atom is 0.108 e. The molecule has 0 aliphatic carbocycles. The van der Waals surface area contributed by atoms with Crippen molar-refractivity contribution in [2.75, 3.05) is 0 Å². The molecule has 0 saturated heterocycles. The van der Waals surface area contributed by atoms with E-state index in [-0.39, 0.29) is 6.04 Å². The fraction of sp³-hybridized carbons (Fsp3) is 0.308. The van der Waals surface area contributed by atoms with E-state index in [0.717, 1.165) is 33.2 Å². The van der Waals surface area contributed by atoms with Crippen molar-refractivity contribution >= 4 is 31.9 Å². The fourth-order valence-corrected chi connectivity index (χ4v) is 2.92. The molecule has 6 heteroatoms. The second-order valence-electron chi connectivity index (χ2n) is 4.38. The van der Waals surface area contributed by atoms with Gasteiger partial charge in [0.15, 0.2) is 0 Å². The van der Waals surface area contributed by atoms with Gasteiger partial charge in [0.2, 0.25) is 0 Å². The number of nitrogens with zero attached hydrogens (tertiary/aromatic N) is 2. The van der Waals surface area contributed by atoms with Crippen molar-refractivity contribution < 1.29 is 0 Å². The fourth-order valence-electron chi connectivity index (χ4n) is 2.02. The molecule has 0 bridgehead atoms. The molecule has 0 aliphatic rings. The van der Waals surface area contributed by atoms with Gasteiger partial charge in [-0.05, 0) is 30.2 Å². The van der Waals surface area contributed by atoms with E-state index in [1.54, 1.807) is 0 Å². The summed E-state index contributed by atoms with van der Waals surface area (Å²) < 4.78 is 4.13. The maximum absolute atomic E-state index is 5.69. The van der Waals surface area contributed by atoms with Gasteiger partial charge in [-0.3, -0.25) is 11.3 Å². The van der Waals surface area contributed by atoms with E-state index in [1.165, 1.54) is 0 Å². The molecule has 1 aromatic carbocycles. The van der Waals surface area contributed by atoms with Gasteiger partial charge in [0.05, 0.1) is 0 Å². The number of aryl methyl sites for hydroxylation is 2. The Balaban J connectivity index is 2.12. The normalized spacial score (nSPS) is 12.6. The SMILES string of the molecule is Cn1ccnc1CCC(NN)c1cc(Br)ccc1Br. The first-order valence-corrected chi connectivity index (χ1v) is 7.57. The Morgan fingerprint density at radius 3 is 2.84 bits per heavy atom. The van der Waals surface area contributed by atoms with Crippen LogP contribution < -0.4 is 11.3 Å². The lowest BCUT2D eigenvalue weighted by Crippen LogP contribution is -2.29. The van der Waals surface area contributed by atoms with E-state index in [0.29, 0.717) is 0 Å². The molecule has 4 nitrogen and oxygen atoms in total. The number of rotatable bonds is 5. The van der Waals surface area contributed by atoms with Crippen LogP contribution in [0.3, 0.4) is 0 Å². The van der Waals surface area contributed by atoms with Crippen LogP contribution in [0, 0.1) is 0 Å². The summed E-state index contributed by atoms with van der Waals surface area (Å²) in [5.41, 5.74) is 4.02. The molecule has 102 valence electrons. The van der Waals surface area contributed by atoms with Crippen LogP contribution in [0.25, 0.3) is 0 Å². The van der Waals surface area contributed by atoms with Crippen molar-refractivity contribution in [2.24, 2.45) is 12.9 Å². The van der Waals surface area contributed by atoms with Crippen LogP contribution in [0.2, 0.25) is 0 Å². The molecule has 0 amide bonds. The molecule has 1 unspecified atom stereocenters. The highest BCUT2D eigenvalue weighted by Crippen LogP contribution is 2.29. The van der Waals surface area contributed by atoms with Gasteiger partial charge in [0, 0.05) is 40.8 Å². The topological polar surface area (TPSA) is 55.9 Å². The number of nitrogens with one attached hydrogen (secondary N) is 1. The molecular formula is C13H16Br2N4. The molecule has 1 heterocycles. The Morgan fingerprint density at radius 1 is 1.42 bits per heavy atom. The summed E-state index contributed by atoms with van der Waals surface area (Å²) in [4.78, 5) is 4.33. The number of nitrogens with two attached hydrogens (primary N) is 1. The molecule has 0 fully saturated rings. The summed E-state index contributed by atoms with van der Waals surface area (Å²) in [7, 11) is 2.00. The summed E-state index contributed by atoms with van der Waals surface area (Å²) in [5.74, 6) is 6.75. The van der Waals surface area contributed by atoms with E-state index in [1.807, 2.05) is 36.1 Å². The Bertz CT molecular complexity index is 553. The van der Waals surface area contributed by atoms with Gasteiger partial charge < -0.3 is 4.57 Å². The number of imidazole rings is 1. The highest BCUT2D eigenvalue weighted by molar-refractivity contribution is 9.11. The van der Waals surface area contributed by atoms with Crippen LogP contribution in [-0.2, 0) is 13.5 Å². The summed E-state index contributed by atoms with van der Waals surface area (Å²) in [5, 5.41) is 0. The zero-order valence-corrected chi connectivity index (χ0v) is 13.8. The van der Waals surface area contributed by atoms with Gasteiger partial charge in [-0.15, -0.1) is 0 Å². The predicted molar refractivity (Wildman–Crippen MR) is 83.4 cm³/mol. The first-order chi connectivity index (χ1) is 9.11. The van der Waals surface area contributed by atoms with Gasteiger partial charge >= 0.3 is 0 Å². The highest BCUT2D eigenvalue weighted by atomic mass is 79.9. The van der Waals surface area contributed by atoms with Crippen molar-refractivity contribution in [1.82, 2.24) is 15.0 Å². The van der Waals surface area contributed by atoms with Crippen molar-refractivity contribution in [3.63, 3.8) is 0 Å². The molecule has 0 radical (unpaired) electrons. The third kappa shape index (κ3) is 3.66. The minimum absolute atomic E-state index is 0.0866. The van der Waals surface area contributed by atoms with Gasteiger partial charge in [0.1, 0.15) is 5.82 Å². The molecule has 2 rings (SSSR count). The van der Waals surface area contributed by atoms with Gasteiger partial charge in [-0.1, -0.05) is 31.9 Å². The molecular weight excluding hydrogens is 372 g/mol. The third-order valence-electron chi connectivity index (χ3n) is 3.11. The standard InChI is InChI=1S/C13H16Br2N4/c1-19-7-6-17-13(19)5-4-12(18-16)10-8-9(14)2-3-11(10)15/h2-3,6-8,12,18H,4-5,16H2,1H3. The van der Waals surface area contributed by atoms with Crippen molar-refractivity contribution in [2.45, 2.75) is 18.9 Å². The maximum atomic E-state index is 5.69. The van der Waals surface area contributed by atoms with Crippen molar-refractivity contribution in [1.29, 1.82) is 0 Å². The summed E-state index contributed by atoms with van der Waals surface area (Å²) >= 11 is 7.06. The third-order valence-corrected chi connectivity index (χ3v) is 4.33. The van der Waals surface area contributed by atoms with Crippen LogP contribution in [0.1, 0.15) is 23.9 Å². The lowest BCUT2D eigenvalue weighted by molar-refractivity contribution is 0.504. The monoisotopic (exact) mass is 386 g/mol. The van der Waals surface area contributed by atoms with E-state index in [9.17, 15) is 0 Å². The van der Waals surface area contributed by atoms with Gasteiger partial charge in [-0.2, -0.15) is 0 Å². The summed E-state index contributed by atoms with van der Waals surface area (Å²) in [6, 6.07) is 6.18. The average Bonchev–Trinajstić information content (AvgIpc) is 2.80. The molecule has 0 saturated carbocycles. The first kappa shape index (κ1) is 14.7. The van der Waals surface area contributed by atoms with E-state index in [2.05, 4.69) is 48.3 Å². The van der Waals surface area contributed by atoms with Crippen molar-refractivity contribution in [3.05, 3.63) is 50.9 Å². The zero-order valence-electron chi connectivity index (χ0n) is 10.6. The smallest absolute Gasteiger partial charge is 0.108 e. The van der Waals surface area contributed by atoms with Crippen LogP contribution in [0.5, 0.6) is 0 Å². The Hall–Kier alpha value is -0.690. The number of hydrazine groups is 1. The van der Waals surface area contributed by atoms with Crippen LogP contribution in [0.4, 0.5) is 0 Å². The molecule has 1 atom stereocenters. The summed E-state index contributed by atoms with van der Waals surface area (Å²) in [6.07, 6.45) is 5.53. The zero-order chi connectivity index (χ0) is 13.8. The van der Waals surface area contributed by atoms with Gasteiger partial charge in [-0.25, -0.2) is 4.98 Å². The number of hydrogen-bond donors (Lipinski definition) is 2. The van der Waals surface area contributed by atoms with E-state index in [4.69, 9.17) is 5.84 Å². The quantitative estimate of drug-likeness (QED) is 0.612. The summed E-state index contributed by atoms with van der Waals surface area (Å²) in [6.45, 7) is 0. The number of halogens is 2. The molecule has 3 N–H and O–H groups in total. The second-order valence-corrected chi connectivity index (χ2v) is 6.15. The Morgan fingerprint density at radius 2 is 2.21 bits per heavy atom. The highest BCUT2D eigenvalue weighted by Gasteiger charge is 2.14. The minimum Gasteiger partial charge on any atom is -0.338 e. The molecule has 2 aromatic rings. The number of benzene rings is 1. The lowest BCUT2D eigenvalue weighted by atomic mass is 10.0. The second kappa shape index (κ2) is 6.65. The van der Waals surface area contributed by atoms with Crippen LogP contribution in [0.15, 0.2) is 39.5 Å². The molecule has 0 spiro atoms. The molecule has 0 aliphatic heterocycles. The Kier molecular flexibility index (Phi) is 5.15. The predicted octanol–water partition coefficient (Wildman–Crippen LogP) is 3.08. The van der Waals surface area contributed by atoms with E-state index >= 15 is 0 Å². The molecule has 1 aromatic heterocycles. The minimum atomic E-state index is 0.0866. The van der Waals surface area contributed by atoms with Crippen molar-refractivity contribution in [3.8, 4) is 0 Å². The first-order valence-electron chi connectivity index (χ1n) is 5.99. The van der Waals surface area contributed by atoms with E-state index < -0.39 is 0 Å². The van der Waals surface area contributed by atoms with Gasteiger partial charge in [0.25, 0.3) is 0 Å². The number of aromatic nitrogens is 2. The number of hydrogen-bond acceptors (Lipinski definition) is 3. The average molecular weight is 388 g/mol. The largest absolute Gasteiger partial charge is 0.338 e. The van der Waals surface area contributed by atoms with Crippen LogP contribution >= 0.6 is 31.9 Å². The lowest BCUT2D eigenvalue weighted by Gasteiger charge is -2.18. The Labute approximate surface area is 129 Å².